The molecule has 5 nitrogen and oxygen atoms in total. The number of aryl methyl sites for hydroxylation is 1. The molecule has 188 valence electrons. The minimum absolute atomic E-state index is 0.105. The summed E-state index contributed by atoms with van der Waals surface area (Å²) in [6.07, 6.45) is 1.64. The normalized spacial score (nSPS) is 11.1. The Kier molecular flexibility index (Phi) is 7.58. The second-order valence-corrected chi connectivity index (χ2v) is 10.5. The number of halogens is 2. The molecule has 0 unspecified atom stereocenters. The number of hydrogen-bond donors (Lipinski definition) is 2. The molecule has 4 aromatic carbocycles. The maximum absolute atomic E-state index is 12.8. The van der Waals surface area contributed by atoms with Crippen molar-refractivity contribution in [2.45, 2.75) is 6.92 Å². The second kappa shape index (κ2) is 11.2. The van der Waals surface area contributed by atoms with Crippen LogP contribution in [0.3, 0.4) is 0 Å². The first-order valence-electron chi connectivity index (χ1n) is 11.9. The smallest absolute Gasteiger partial charge is 0.275 e. The van der Waals surface area contributed by atoms with Gasteiger partial charge in [-0.3, -0.25) is 4.79 Å². The van der Waals surface area contributed by atoms with Gasteiger partial charge in [-0.05, 0) is 64.3 Å². The number of carbonyl (C=O) groups is 1. The molecular formula is C31H23Br2N3O2. The Labute approximate surface area is 237 Å². The van der Waals surface area contributed by atoms with Gasteiger partial charge >= 0.3 is 0 Å². The molecular weight excluding hydrogens is 606 g/mol. The Bertz CT molecular complexity index is 1630. The predicted octanol–water partition coefficient (Wildman–Crippen LogP) is 8.11. The van der Waals surface area contributed by atoms with Gasteiger partial charge in [0.05, 0.1) is 27.6 Å². The van der Waals surface area contributed by atoms with Gasteiger partial charge in [0.25, 0.3) is 5.91 Å². The summed E-state index contributed by atoms with van der Waals surface area (Å²) in [5, 5.41) is 14.6. The molecule has 0 bridgehead atoms. The van der Waals surface area contributed by atoms with Crippen LogP contribution in [0, 0.1) is 6.92 Å². The van der Waals surface area contributed by atoms with Crippen molar-refractivity contribution in [1.82, 2.24) is 9.99 Å². The Hall–Kier alpha value is -3.94. The number of rotatable bonds is 6. The minimum atomic E-state index is -0.525. The molecule has 0 aliphatic heterocycles. The zero-order valence-corrected chi connectivity index (χ0v) is 23.6. The third kappa shape index (κ3) is 5.35. The molecule has 1 heterocycles. The summed E-state index contributed by atoms with van der Waals surface area (Å²) in [6.45, 7) is 2.07. The number of nitrogens with one attached hydrogen (secondary N) is 1. The van der Waals surface area contributed by atoms with E-state index in [0.29, 0.717) is 8.95 Å². The Balaban J connectivity index is 1.63. The fraction of sp³-hybridized carbons (Fsp3) is 0.0323. The molecule has 5 rings (SSSR count). The zero-order valence-electron chi connectivity index (χ0n) is 20.4. The van der Waals surface area contributed by atoms with Crippen LogP contribution in [-0.2, 0) is 0 Å². The molecule has 0 aliphatic carbocycles. The highest BCUT2D eigenvalue weighted by Gasteiger charge is 2.19. The standard InChI is InChI=1S/C31H23Br2N3O2/c1-20-12-14-25(15-13-20)36-28(21-8-4-2-5-9-21)16-23(29(36)22-10-6-3-7-11-22)19-34-35-31(38)26-17-24(32)18-27(33)30(26)37/h2-19,37H,1H3,(H,35,38)/b34-19+. The van der Waals surface area contributed by atoms with Gasteiger partial charge in [0.1, 0.15) is 5.75 Å². The van der Waals surface area contributed by atoms with E-state index in [1.54, 1.807) is 18.3 Å². The van der Waals surface area contributed by atoms with E-state index in [-0.39, 0.29) is 11.3 Å². The fourth-order valence-electron chi connectivity index (χ4n) is 4.26. The van der Waals surface area contributed by atoms with Crippen molar-refractivity contribution < 1.29 is 9.90 Å². The minimum Gasteiger partial charge on any atom is -0.506 e. The molecule has 38 heavy (non-hydrogen) atoms. The van der Waals surface area contributed by atoms with Crippen molar-refractivity contribution in [2.24, 2.45) is 5.10 Å². The molecule has 0 radical (unpaired) electrons. The number of aromatic nitrogens is 1. The highest BCUT2D eigenvalue weighted by Crippen LogP contribution is 2.36. The van der Waals surface area contributed by atoms with E-state index in [9.17, 15) is 9.90 Å². The largest absolute Gasteiger partial charge is 0.506 e. The van der Waals surface area contributed by atoms with Crippen LogP contribution < -0.4 is 5.43 Å². The van der Waals surface area contributed by atoms with Gasteiger partial charge in [0.15, 0.2) is 0 Å². The molecule has 1 amide bonds. The van der Waals surface area contributed by atoms with Crippen LogP contribution >= 0.6 is 31.9 Å². The number of benzene rings is 4. The maximum Gasteiger partial charge on any atom is 0.275 e. The van der Waals surface area contributed by atoms with Gasteiger partial charge in [-0.1, -0.05) is 94.3 Å². The van der Waals surface area contributed by atoms with Gasteiger partial charge in [0.2, 0.25) is 0 Å². The molecule has 0 saturated heterocycles. The number of hydrogen-bond acceptors (Lipinski definition) is 3. The SMILES string of the molecule is Cc1ccc(-n2c(-c3ccccc3)cc(/C=N/NC(=O)c3cc(Br)cc(Br)c3O)c2-c2ccccc2)cc1. The first-order valence-corrected chi connectivity index (χ1v) is 13.5. The van der Waals surface area contributed by atoms with Gasteiger partial charge < -0.3 is 9.67 Å². The Morgan fingerprint density at radius 2 is 1.50 bits per heavy atom. The lowest BCUT2D eigenvalue weighted by atomic mass is 10.1. The lowest BCUT2D eigenvalue weighted by molar-refractivity contribution is 0.0952. The number of carbonyl (C=O) groups excluding carboxylic acids is 1. The van der Waals surface area contributed by atoms with Crippen molar-refractivity contribution in [3.05, 3.63) is 129 Å². The van der Waals surface area contributed by atoms with Crippen molar-refractivity contribution >= 4 is 44.0 Å². The zero-order chi connectivity index (χ0) is 26.6. The van der Waals surface area contributed by atoms with Crippen LogP contribution in [0.15, 0.2) is 117 Å². The fourth-order valence-corrected chi connectivity index (χ4v) is 5.49. The molecule has 1 aromatic heterocycles. The van der Waals surface area contributed by atoms with E-state index < -0.39 is 5.91 Å². The van der Waals surface area contributed by atoms with Crippen LogP contribution in [0.2, 0.25) is 0 Å². The van der Waals surface area contributed by atoms with Crippen LogP contribution in [0.25, 0.3) is 28.2 Å². The third-order valence-corrected chi connectivity index (χ3v) is 7.14. The number of phenolic OH excluding ortho intramolecular Hbond substituents is 1. The Morgan fingerprint density at radius 1 is 0.868 bits per heavy atom. The van der Waals surface area contributed by atoms with Crippen molar-refractivity contribution in [3.8, 4) is 34.0 Å². The van der Waals surface area contributed by atoms with E-state index in [0.717, 1.165) is 33.8 Å². The lowest BCUT2D eigenvalue weighted by Crippen LogP contribution is -2.18. The molecule has 7 heteroatoms. The molecule has 0 spiro atoms. The highest BCUT2D eigenvalue weighted by atomic mass is 79.9. The summed E-state index contributed by atoms with van der Waals surface area (Å²) in [4.78, 5) is 12.8. The average Bonchev–Trinajstić information content (AvgIpc) is 3.31. The summed E-state index contributed by atoms with van der Waals surface area (Å²) < 4.78 is 3.28. The number of aromatic hydroxyl groups is 1. The molecule has 2 N–H and O–H groups in total. The van der Waals surface area contributed by atoms with E-state index in [1.165, 1.54) is 5.56 Å². The molecule has 0 aliphatic rings. The molecule has 0 atom stereocenters. The summed E-state index contributed by atoms with van der Waals surface area (Å²) >= 11 is 6.62. The Morgan fingerprint density at radius 3 is 2.16 bits per heavy atom. The van der Waals surface area contributed by atoms with Crippen molar-refractivity contribution in [1.29, 1.82) is 0 Å². The maximum atomic E-state index is 12.8. The summed E-state index contributed by atoms with van der Waals surface area (Å²) in [5.74, 6) is -0.675. The first-order chi connectivity index (χ1) is 18.4. The van der Waals surface area contributed by atoms with Crippen LogP contribution in [0.5, 0.6) is 5.75 Å². The third-order valence-electron chi connectivity index (χ3n) is 6.08. The summed E-state index contributed by atoms with van der Waals surface area (Å²) in [5.41, 5.74) is 9.69. The topological polar surface area (TPSA) is 66.6 Å². The van der Waals surface area contributed by atoms with Crippen LogP contribution in [0.1, 0.15) is 21.5 Å². The molecule has 0 fully saturated rings. The average molecular weight is 629 g/mol. The monoisotopic (exact) mass is 627 g/mol. The number of nitrogens with zero attached hydrogens (tertiary/aromatic N) is 2. The molecule has 0 saturated carbocycles. The summed E-state index contributed by atoms with van der Waals surface area (Å²) in [6, 6.07) is 33.9. The number of amides is 1. The number of hydrazone groups is 1. The van der Waals surface area contributed by atoms with Crippen molar-refractivity contribution in [3.63, 3.8) is 0 Å². The van der Waals surface area contributed by atoms with Gasteiger partial charge in [-0.15, -0.1) is 0 Å². The first kappa shape index (κ1) is 25.7. The quantitative estimate of drug-likeness (QED) is 0.147. The summed E-state index contributed by atoms with van der Waals surface area (Å²) in [7, 11) is 0. The highest BCUT2D eigenvalue weighted by molar-refractivity contribution is 9.11. The van der Waals surface area contributed by atoms with E-state index in [1.807, 2.05) is 36.4 Å². The second-order valence-electron chi connectivity index (χ2n) is 8.72. The molecule has 5 aromatic rings. The van der Waals surface area contributed by atoms with Gasteiger partial charge in [0, 0.05) is 15.7 Å². The van der Waals surface area contributed by atoms with Gasteiger partial charge in [-0.25, -0.2) is 5.43 Å². The van der Waals surface area contributed by atoms with E-state index in [2.05, 4.69) is 108 Å². The van der Waals surface area contributed by atoms with Crippen molar-refractivity contribution in [2.75, 3.05) is 0 Å². The van der Waals surface area contributed by atoms with E-state index in [4.69, 9.17) is 0 Å². The lowest BCUT2D eigenvalue weighted by Gasteiger charge is -2.15. The number of phenols is 1. The van der Waals surface area contributed by atoms with Crippen LogP contribution in [-0.4, -0.2) is 21.8 Å². The van der Waals surface area contributed by atoms with E-state index >= 15 is 0 Å². The van der Waals surface area contributed by atoms with Gasteiger partial charge in [-0.2, -0.15) is 5.10 Å². The van der Waals surface area contributed by atoms with Crippen LogP contribution in [0.4, 0.5) is 0 Å². The predicted molar refractivity (Wildman–Crippen MR) is 160 cm³/mol.